The summed E-state index contributed by atoms with van der Waals surface area (Å²) < 4.78 is 0. The van der Waals surface area contributed by atoms with Crippen molar-refractivity contribution in [2.45, 2.75) is 19.5 Å². The van der Waals surface area contributed by atoms with Gasteiger partial charge in [-0.25, -0.2) is 0 Å². The summed E-state index contributed by atoms with van der Waals surface area (Å²) in [7, 11) is 0. The Morgan fingerprint density at radius 3 is 2.60 bits per heavy atom. The first-order chi connectivity index (χ1) is 7.24. The Bertz CT molecular complexity index is 350. The summed E-state index contributed by atoms with van der Waals surface area (Å²) >= 11 is 0. The SMILES string of the molecule is C[C@@H]1C(=O)N(Cc2ccccc2)[C@H]1CO. The minimum absolute atomic E-state index is 0.00212. The van der Waals surface area contributed by atoms with Crippen LogP contribution in [0.25, 0.3) is 0 Å². The quantitative estimate of drug-likeness (QED) is 0.749. The van der Waals surface area contributed by atoms with E-state index in [1.807, 2.05) is 37.3 Å². The number of nitrogens with zero attached hydrogens (tertiary/aromatic N) is 1. The zero-order chi connectivity index (χ0) is 10.8. The van der Waals surface area contributed by atoms with E-state index in [2.05, 4.69) is 0 Å². The summed E-state index contributed by atoms with van der Waals surface area (Å²) in [6, 6.07) is 9.84. The molecular weight excluding hydrogens is 190 g/mol. The standard InChI is InChI=1S/C12H15NO2/c1-9-11(8-14)13(12(9)15)7-10-5-3-2-4-6-10/h2-6,9,11,14H,7-8H2,1H3/t9-,11-/m0/s1. The highest BCUT2D eigenvalue weighted by Gasteiger charge is 2.43. The fourth-order valence-corrected chi connectivity index (χ4v) is 2.01. The first-order valence-electron chi connectivity index (χ1n) is 5.19. The van der Waals surface area contributed by atoms with Crippen LogP contribution in [0.2, 0.25) is 0 Å². The van der Waals surface area contributed by atoms with E-state index < -0.39 is 0 Å². The fourth-order valence-electron chi connectivity index (χ4n) is 2.01. The molecule has 0 spiro atoms. The van der Waals surface area contributed by atoms with Gasteiger partial charge >= 0.3 is 0 Å². The van der Waals surface area contributed by atoms with Crippen LogP contribution in [-0.2, 0) is 11.3 Å². The Labute approximate surface area is 89.3 Å². The van der Waals surface area contributed by atoms with Crippen molar-refractivity contribution in [1.29, 1.82) is 0 Å². The number of aliphatic hydroxyl groups is 1. The van der Waals surface area contributed by atoms with Gasteiger partial charge in [0.25, 0.3) is 0 Å². The highest BCUT2D eigenvalue weighted by molar-refractivity contribution is 5.85. The molecule has 3 heteroatoms. The van der Waals surface area contributed by atoms with E-state index in [9.17, 15) is 4.79 Å². The van der Waals surface area contributed by atoms with Crippen LogP contribution in [0.3, 0.4) is 0 Å². The van der Waals surface area contributed by atoms with Crippen LogP contribution in [-0.4, -0.2) is 28.6 Å². The van der Waals surface area contributed by atoms with Gasteiger partial charge < -0.3 is 10.0 Å². The Morgan fingerprint density at radius 1 is 1.33 bits per heavy atom. The number of benzene rings is 1. The van der Waals surface area contributed by atoms with Crippen LogP contribution < -0.4 is 0 Å². The third-order valence-corrected chi connectivity index (χ3v) is 3.03. The molecule has 1 aliphatic heterocycles. The van der Waals surface area contributed by atoms with Gasteiger partial charge in [0, 0.05) is 6.54 Å². The summed E-state index contributed by atoms with van der Waals surface area (Å²) in [5, 5.41) is 9.13. The van der Waals surface area contributed by atoms with Crippen molar-refractivity contribution < 1.29 is 9.90 Å². The van der Waals surface area contributed by atoms with Gasteiger partial charge in [0.2, 0.25) is 5.91 Å². The summed E-state index contributed by atoms with van der Waals surface area (Å²) in [5.74, 6) is 0.108. The van der Waals surface area contributed by atoms with Crippen molar-refractivity contribution in [1.82, 2.24) is 4.90 Å². The largest absolute Gasteiger partial charge is 0.394 e. The molecule has 1 fully saturated rings. The number of likely N-dealkylation sites (tertiary alicyclic amines) is 1. The maximum Gasteiger partial charge on any atom is 0.228 e. The molecule has 0 aromatic heterocycles. The summed E-state index contributed by atoms with van der Waals surface area (Å²) in [5.41, 5.74) is 1.11. The minimum Gasteiger partial charge on any atom is -0.394 e. The molecule has 1 aromatic carbocycles. The second-order valence-electron chi connectivity index (χ2n) is 3.99. The van der Waals surface area contributed by atoms with Gasteiger partial charge in [0.05, 0.1) is 18.6 Å². The molecular formula is C12H15NO2. The minimum atomic E-state index is -0.0290. The molecule has 0 radical (unpaired) electrons. The third kappa shape index (κ3) is 1.75. The number of hydrogen-bond acceptors (Lipinski definition) is 2. The van der Waals surface area contributed by atoms with Crippen LogP contribution in [0.4, 0.5) is 0 Å². The topological polar surface area (TPSA) is 40.5 Å². The van der Waals surface area contributed by atoms with Gasteiger partial charge in [-0.1, -0.05) is 37.3 Å². The molecule has 1 aliphatic rings. The number of amides is 1. The van der Waals surface area contributed by atoms with E-state index in [0.29, 0.717) is 6.54 Å². The monoisotopic (exact) mass is 205 g/mol. The van der Waals surface area contributed by atoms with E-state index in [-0.39, 0.29) is 24.5 Å². The van der Waals surface area contributed by atoms with E-state index in [4.69, 9.17) is 5.11 Å². The number of aliphatic hydroxyl groups excluding tert-OH is 1. The van der Waals surface area contributed by atoms with Crippen LogP contribution in [0.15, 0.2) is 30.3 Å². The average molecular weight is 205 g/mol. The van der Waals surface area contributed by atoms with Crippen molar-refractivity contribution in [2.24, 2.45) is 5.92 Å². The lowest BCUT2D eigenvalue weighted by Gasteiger charge is -2.45. The lowest BCUT2D eigenvalue weighted by atomic mass is 9.89. The van der Waals surface area contributed by atoms with E-state index in [1.54, 1.807) is 4.90 Å². The molecule has 3 nitrogen and oxygen atoms in total. The summed E-state index contributed by atoms with van der Waals surface area (Å²) in [6.45, 7) is 2.53. The van der Waals surface area contributed by atoms with Crippen molar-refractivity contribution >= 4 is 5.91 Å². The van der Waals surface area contributed by atoms with Crippen molar-refractivity contribution in [3.63, 3.8) is 0 Å². The average Bonchev–Trinajstić information content (AvgIpc) is 2.29. The molecule has 2 atom stereocenters. The number of hydrogen-bond donors (Lipinski definition) is 1. The number of rotatable bonds is 3. The molecule has 0 saturated carbocycles. The molecule has 0 aliphatic carbocycles. The van der Waals surface area contributed by atoms with Gasteiger partial charge in [0.15, 0.2) is 0 Å². The Kier molecular flexibility index (Phi) is 2.73. The fraction of sp³-hybridized carbons (Fsp3) is 0.417. The molecule has 0 unspecified atom stereocenters. The molecule has 0 bridgehead atoms. The Balaban J connectivity index is 2.04. The van der Waals surface area contributed by atoms with Gasteiger partial charge in [0.1, 0.15) is 0 Å². The molecule has 1 amide bonds. The molecule has 1 N–H and O–H groups in total. The van der Waals surface area contributed by atoms with E-state index >= 15 is 0 Å². The summed E-state index contributed by atoms with van der Waals surface area (Å²) in [4.78, 5) is 13.3. The zero-order valence-corrected chi connectivity index (χ0v) is 8.76. The van der Waals surface area contributed by atoms with Gasteiger partial charge in [-0.05, 0) is 5.56 Å². The van der Waals surface area contributed by atoms with Crippen LogP contribution in [0, 0.1) is 5.92 Å². The molecule has 1 heterocycles. The van der Waals surface area contributed by atoms with Crippen LogP contribution >= 0.6 is 0 Å². The predicted molar refractivity (Wildman–Crippen MR) is 57.0 cm³/mol. The molecule has 15 heavy (non-hydrogen) atoms. The van der Waals surface area contributed by atoms with Crippen LogP contribution in [0.5, 0.6) is 0 Å². The Hall–Kier alpha value is -1.35. The first-order valence-corrected chi connectivity index (χ1v) is 5.19. The smallest absolute Gasteiger partial charge is 0.228 e. The summed E-state index contributed by atoms with van der Waals surface area (Å²) in [6.07, 6.45) is 0. The van der Waals surface area contributed by atoms with E-state index in [1.165, 1.54) is 0 Å². The molecule has 1 saturated heterocycles. The maximum atomic E-state index is 11.6. The number of β-lactam (4-membered cyclic amide) rings is 1. The lowest BCUT2D eigenvalue weighted by Crippen LogP contribution is -2.60. The van der Waals surface area contributed by atoms with Gasteiger partial charge in [-0.15, -0.1) is 0 Å². The second kappa shape index (κ2) is 4.03. The normalized spacial score (nSPS) is 25.2. The van der Waals surface area contributed by atoms with Crippen molar-refractivity contribution in [2.75, 3.05) is 6.61 Å². The lowest BCUT2D eigenvalue weighted by molar-refractivity contribution is -0.158. The zero-order valence-electron chi connectivity index (χ0n) is 8.76. The van der Waals surface area contributed by atoms with E-state index in [0.717, 1.165) is 5.56 Å². The Morgan fingerprint density at radius 2 is 2.00 bits per heavy atom. The highest BCUT2D eigenvalue weighted by Crippen LogP contribution is 2.27. The predicted octanol–water partition coefficient (Wildman–Crippen LogP) is 1.03. The molecule has 2 rings (SSSR count). The number of carbonyl (C=O) groups excluding carboxylic acids is 1. The molecule has 1 aromatic rings. The molecule has 80 valence electrons. The first kappa shape index (κ1) is 10.2. The second-order valence-corrected chi connectivity index (χ2v) is 3.99. The van der Waals surface area contributed by atoms with Gasteiger partial charge in [-0.3, -0.25) is 4.79 Å². The van der Waals surface area contributed by atoms with Crippen molar-refractivity contribution in [3.05, 3.63) is 35.9 Å². The highest BCUT2D eigenvalue weighted by atomic mass is 16.3. The third-order valence-electron chi connectivity index (χ3n) is 3.03. The maximum absolute atomic E-state index is 11.6. The van der Waals surface area contributed by atoms with Crippen LogP contribution in [0.1, 0.15) is 12.5 Å². The van der Waals surface area contributed by atoms with Crippen molar-refractivity contribution in [3.8, 4) is 0 Å². The van der Waals surface area contributed by atoms with Gasteiger partial charge in [-0.2, -0.15) is 0 Å². The number of carbonyl (C=O) groups is 1.